The third-order valence-electron chi connectivity index (χ3n) is 5.20. The lowest BCUT2D eigenvalue weighted by Crippen LogP contribution is -2.38. The second kappa shape index (κ2) is 6.68. The molecule has 0 radical (unpaired) electrons. The summed E-state index contributed by atoms with van der Waals surface area (Å²) < 4.78 is 23.3. The summed E-state index contributed by atoms with van der Waals surface area (Å²) in [6.45, 7) is 6.68. The Morgan fingerprint density at radius 3 is 2.38 bits per heavy atom. The molecule has 0 aromatic heterocycles. The van der Waals surface area contributed by atoms with Crippen molar-refractivity contribution in [1.29, 1.82) is 0 Å². The lowest BCUT2D eigenvalue weighted by molar-refractivity contribution is -0.129. The van der Waals surface area contributed by atoms with Crippen molar-refractivity contribution in [2.75, 3.05) is 23.4 Å². The van der Waals surface area contributed by atoms with Gasteiger partial charge < -0.3 is 10.2 Å². The van der Waals surface area contributed by atoms with E-state index in [0.29, 0.717) is 18.7 Å². The summed E-state index contributed by atoms with van der Waals surface area (Å²) in [6.07, 6.45) is 0.610. The van der Waals surface area contributed by atoms with E-state index in [9.17, 15) is 18.0 Å². The van der Waals surface area contributed by atoms with Crippen LogP contribution in [-0.2, 0) is 24.8 Å². The third kappa shape index (κ3) is 4.09. The van der Waals surface area contributed by atoms with E-state index >= 15 is 0 Å². The smallest absolute Gasteiger partial charge is 0.229 e. The molecule has 0 spiro atoms. The van der Waals surface area contributed by atoms with E-state index in [2.05, 4.69) is 26.1 Å². The molecule has 7 heteroatoms. The third-order valence-corrected chi connectivity index (χ3v) is 6.95. The van der Waals surface area contributed by atoms with Gasteiger partial charge in [0.25, 0.3) is 0 Å². The topological polar surface area (TPSA) is 83.6 Å². The van der Waals surface area contributed by atoms with Crippen molar-refractivity contribution in [2.45, 2.75) is 45.1 Å². The van der Waals surface area contributed by atoms with Crippen LogP contribution in [0.2, 0.25) is 0 Å². The van der Waals surface area contributed by atoms with E-state index in [4.69, 9.17) is 0 Å². The van der Waals surface area contributed by atoms with E-state index in [-0.39, 0.29) is 41.2 Å². The minimum absolute atomic E-state index is 0.0152. The van der Waals surface area contributed by atoms with Gasteiger partial charge in [-0.25, -0.2) is 8.42 Å². The molecule has 0 saturated carbocycles. The molecule has 1 N–H and O–H groups in total. The van der Waals surface area contributed by atoms with Gasteiger partial charge >= 0.3 is 0 Å². The molecule has 2 aliphatic rings. The predicted molar refractivity (Wildman–Crippen MR) is 101 cm³/mol. The summed E-state index contributed by atoms with van der Waals surface area (Å²) >= 11 is 0. The number of hydrogen-bond acceptors (Lipinski definition) is 4. The Bertz CT molecular complexity index is 809. The van der Waals surface area contributed by atoms with Crippen molar-refractivity contribution >= 4 is 27.3 Å². The lowest BCUT2D eigenvalue weighted by Gasteiger charge is -2.23. The van der Waals surface area contributed by atoms with Crippen LogP contribution >= 0.6 is 0 Å². The van der Waals surface area contributed by atoms with Crippen molar-refractivity contribution in [2.24, 2.45) is 5.92 Å². The number of carbonyl (C=O) groups excluding carboxylic acids is 2. The predicted octanol–water partition coefficient (Wildman–Crippen LogP) is 1.96. The van der Waals surface area contributed by atoms with Crippen LogP contribution < -0.4 is 5.32 Å². The van der Waals surface area contributed by atoms with Crippen molar-refractivity contribution < 1.29 is 18.0 Å². The van der Waals surface area contributed by atoms with Crippen LogP contribution in [0.25, 0.3) is 0 Å². The van der Waals surface area contributed by atoms with E-state index in [0.717, 1.165) is 0 Å². The summed E-state index contributed by atoms with van der Waals surface area (Å²) in [4.78, 5) is 26.3. The molecule has 26 heavy (non-hydrogen) atoms. The molecule has 6 nitrogen and oxygen atoms in total. The Morgan fingerprint density at radius 2 is 1.85 bits per heavy atom. The average molecular weight is 378 g/mol. The van der Waals surface area contributed by atoms with Gasteiger partial charge in [0.05, 0.1) is 17.4 Å². The summed E-state index contributed by atoms with van der Waals surface area (Å²) in [5, 5.41) is 2.87. The number of sulfone groups is 1. The molecule has 2 heterocycles. The molecule has 142 valence electrons. The molecule has 1 aromatic rings. The van der Waals surface area contributed by atoms with E-state index in [1.165, 1.54) is 5.56 Å². The Balaban J connectivity index is 1.61. The first-order chi connectivity index (χ1) is 12.0. The molecule has 1 aromatic carbocycles. The maximum absolute atomic E-state index is 12.5. The molecule has 0 aliphatic carbocycles. The largest absolute Gasteiger partial charge is 0.338 e. The highest BCUT2D eigenvalue weighted by molar-refractivity contribution is 7.91. The fourth-order valence-corrected chi connectivity index (χ4v) is 5.31. The summed E-state index contributed by atoms with van der Waals surface area (Å²) in [6, 6.07) is 7.44. The van der Waals surface area contributed by atoms with E-state index in [1.54, 1.807) is 4.90 Å². The normalized spacial score (nSPS) is 25.5. The lowest BCUT2D eigenvalue weighted by atomic mass is 9.87. The van der Waals surface area contributed by atoms with Crippen LogP contribution in [0.3, 0.4) is 0 Å². The number of nitrogens with one attached hydrogen (secondary N) is 1. The highest BCUT2D eigenvalue weighted by Gasteiger charge is 2.41. The first-order valence-electron chi connectivity index (χ1n) is 8.96. The molecule has 2 saturated heterocycles. The molecule has 2 unspecified atom stereocenters. The van der Waals surface area contributed by atoms with Gasteiger partial charge in [-0.15, -0.1) is 0 Å². The molecular weight excluding hydrogens is 352 g/mol. The molecule has 3 rings (SSSR count). The van der Waals surface area contributed by atoms with Gasteiger partial charge in [-0.1, -0.05) is 32.9 Å². The number of rotatable bonds is 3. The van der Waals surface area contributed by atoms with Crippen LogP contribution in [0.5, 0.6) is 0 Å². The van der Waals surface area contributed by atoms with Crippen LogP contribution in [0, 0.1) is 5.92 Å². The highest BCUT2D eigenvalue weighted by atomic mass is 32.2. The number of amides is 2. The highest BCUT2D eigenvalue weighted by Crippen LogP contribution is 2.28. The standard InChI is InChI=1S/C19H26N2O4S/c1-19(2,3)14-4-6-15(7-5-14)20-18(23)13-10-17(22)21(11-13)16-8-9-26(24,25)12-16/h4-7,13,16H,8-12H2,1-3H3,(H,20,23). The van der Waals surface area contributed by atoms with Crippen LogP contribution in [0.15, 0.2) is 24.3 Å². The number of nitrogens with zero attached hydrogens (tertiary/aromatic N) is 1. The minimum Gasteiger partial charge on any atom is -0.338 e. The Labute approximate surface area is 154 Å². The second-order valence-corrected chi connectivity index (χ2v) is 10.5. The van der Waals surface area contributed by atoms with Crippen LogP contribution in [-0.4, -0.2) is 49.2 Å². The minimum atomic E-state index is -3.05. The number of likely N-dealkylation sites (tertiary alicyclic amines) is 1. The van der Waals surface area contributed by atoms with Gasteiger partial charge in [-0.2, -0.15) is 0 Å². The summed E-state index contributed by atoms with van der Waals surface area (Å²) in [5.41, 5.74) is 1.93. The van der Waals surface area contributed by atoms with Gasteiger partial charge in [0.15, 0.2) is 9.84 Å². The number of anilines is 1. The van der Waals surface area contributed by atoms with Crippen molar-refractivity contribution in [3.05, 3.63) is 29.8 Å². The number of carbonyl (C=O) groups is 2. The Kier molecular flexibility index (Phi) is 4.86. The van der Waals surface area contributed by atoms with Gasteiger partial charge in [-0.3, -0.25) is 9.59 Å². The maximum Gasteiger partial charge on any atom is 0.229 e. The zero-order valence-electron chi connectivity index (χ0n) is 15.5. The first kappa shape index (κ1) is 18.9. The zero-order valence-corrected chi connectivity index (χ0v) is 16.3. The molecule has 2 aliphatic heterocycles. The van der Waals surface area contributed by atoms with Gasteiger partial charge in [0.2, 0.25) is 11.8 Å². The van der Waals surface area contributed by atoms with Crippen molar-refractivity contribution in [3.63, 3.8) is 0 Å². The fourth-order valence-electron chi connectivity index (χ4n) is 3.58. The molecule has 2 atom stereocenters. The van der Waals surface area contributed by atoms with E-state index in [1.807, 2.05) is 24.3 Å². The van der Waals surface area contributed by atoms with Gasteiger partial charge in [-0.05, 0) is 29.5 Å². The Hall–Kier alpha value is -1.89. The molecule has 2 amide bonds. The monoisotopic (exact) mass is 378 g/mol. The van der Waals surface area contributed by atoms with Gasteiger partial charge in [0, 0.05) is 24.7 Å². The molecular formula is C19H26N2O4S. The average Bonchev–Trinajstić information content (AvgIpc) is 3.09. The van der Waals surface area contributed by atoms with Crippen molar-refractivity contribution in [3.8, 4) is 0 Å². The fraction of sp³-hybridized carbons (Fsp3) is 0.579. The quantitative estimate of drug-likeness (QED) is 0.871. The summed E-state index contributed by atoms with van der Waals surface area (Å²) in [7, 11) is -3.05. The molecule has 0 bridgehead atoms. The zero-order chi connectivity index (χ0) is 19.1. The summed E-state index contributed by atoms with van der Waals surface area (Å²) in [5.74, 6) is -0.617. The van der Waals surface area contributed by atoms with Crippen LogP contribution in [0.1, 0.15) is 39.2 Å². The maximum atomic E-state index is 12.5. The van der Waals surface area contributed by atoms with Crippen molar-refractivity contribution in [1.82, 2.24) is 4.90 Å². The first-order valence-corrected chi connectivity index (χ1v) is 10.8. The number of benzene rings is 1. The number of hydrogen-bond donors (Lipinski definition) is 1. The second-order valence-electron chi connectivity index (χ2n) is 8.32. The van der Waals surface area contributed by atoms with E-state index < -0.39 is 15.8 Å². The Morgan fingerprint density at radius 1 is 1.19 bits per heavy atom. The van der Waals surface area contributed by atoms with Crippen LogP contribution in [0.4, 0.5) is 5.69 Å². The SMILES string of the molecule is CC(C)(C)c1ccc(NC(=O)C2CC(=O)N(C3CCS(=O)(=O)C3)C2)cc1. The molecule has 2 fully saturated rings. The van der Waals surface area contributed by atoms with Gasteiger partial charge in [0.1, 0.15) is 0 Å².